The van der Waals surface area contributed by atoms with Gasteiger partial charge in [0, 0.05) is 25.2 Å². The highest BCUT2D eigenvalue weighted by molar-refractivity contribution is 4.92. The summed E-state index contributed by atoms with van der Waals surface area (Å²) >= 11 is 0. The van der Waals surface area contributed by atoms with Crippen LogP contribution in [0.5, 0.6) is 0 Å². The van der Waals surface area contributed by atoms with Crippen molar-refractivity contribution in [2.45, 2.75) is 56.7 Å². The van der Waals surface area contributed by atoms with E-state index in [0.29, 0.717) is 6.10 Å². The highest BCUT2D eigenvalue weighted by atomic mass is 16.5. The smallest absolute Gasteiger partial charge is 0.0730 e. The average molecular weight is 238 g/mol. The van der Waals surface area contributed by atoms with Crippen molar-refractivity contribution in [2.75, 3.05) is 26.7 Å². The summed E-state index contributed by atoms with van der Waals surface area (Å²) in [5.41, 5.74) is 0. The van der Waals surface area contributed by atoms with E-state index in [4.69, 9.17) is 4.74 Å². The minimum atomic E-state index is 0.554. The van der Waals surface area contributed by atoms with Crippen LogP contribution in [0.3, 0.4) is 0 Å². The van der Waals surface area contributed by atoms with Gasteiger partial charge in [-0.15, -0.1) is 0 Å². The molecule has 3 aliphatic rings. The Hall–Kier alpha value is -0.120. The minimum Gasteiger partial charge on any atom is -0.375 e. The Morgan fingerprint density at radius 2 is 2.06 bits per heavy atom. The van der Waals surface area contributed by atoms with Gasteiger partial charge in [0.05, 0.1) is 12.7 Å². The fraction of sp³-hybridized carbons (Fsp3) is 1.00. The fourth-order valence-electron chi connectivity index (χ4n) is 4.17. The van der Waals surface area contributed by atoms with E-state index in [-0.39, 0.29) is 0 Å². The lowest BCUT2D eigenvalue weighted by Crippen LogP contribution is -2.51. The summed E-state index contributed by atoms with van der Waals surface area (Å²) in [7, 11) is 2.13. The van der Waals surface area contributed by atoms with E-state index in [1.54, 1.807) is 0 Å². The number of hydrogen-bond acceptors (Lipinski definition) is 3. The molecular weight excluding hydrogens is 212 g/mol. The van der Waals surface area contributed by atoms with Gasteiger partial charge in [-0.05, 0) is 45.1 Å². The van der Waals surface area contributed by atoms with Gasteiger partial charge in [0.2, 0.25) is 0 Å². The minimum absolute atomic E-state index is 0.554. The van der Waals surface area contributed by atoms with Crippen LogP contribution in [0.25, 0.3) is 0 Å². The van der Waals surface area contributed by atoms with Crippen molar-refractivity contribution in [1.29, 1.82) is 0 Å². The molecule has 0 bridgehead atoms. The van der Waals surface area contributed by atoms with Crippen molar-refractivity contribution in [1.82, 2.24) is 10.2 Å². The summed E-state index contributed by atoms with van der Waals surface area (Å²) in [5.74, 6) is 0.874. The standard InChI is InChI=1S/C14H26N2O/c1-15-12-5-2-4-11(12)10-16-8-9-17-14-7-3-6-13(14)16/h11-15H,2-10H2,1H3. The maximum absolute atomic E-state index is 5.89. The highest BCUT2D eigenvalue weighted by Crippen LogP contribution is 2.33. The summed E-state index contributed by atoms with van der Waals surface area (Å²) < 4.78 is 5.89. The molecule has 0 aromatic rings. The number of hydrogen-bond donors (Lipinski definition) is 1. The molecule has 2 saturated carbocycles. The molecule has 0 aromatic heterocycles. The molecule has 0 amide bonds. The van der Waals surface area contributed by atoms with Gasteiger partial charge in [-0.1, -0.05) is 6.42 Å². The van der Waals surface area contributed by atoms with Crippen LogP contribution in [0.2, 0.25) is 0 Å². The lowest BCUT2D eigenvalue weighted by Gasteiger charge is -2.39. The molecule has 0 spiro atoms. The molecular formula is C14H26N2O. The molecule has 17 heavy (non-hydrogen) atoms. The van der Waals surface area contributed by atoms with Crippen LogP contribution >= 0.6 is 0 Å². The maximum Gasteiger partial charge on any atom is 0.0730 e. The van der Waals surface area contributed by atoms with Crippen molar-refractivity contribution in [3.63, 3.8) is 0 Å². The van der Waals surface area contributed by atoms with Gasteiger partial charge in [-0.25, -0.2) is 0 Å². The summed E-state index contributed by atoms with van der Waals surface area (Å²) in [6, 6.07) is 1.50. The molecule has 3 nitrogen and oxygen atoms in total. The van der Waals surface area contributed by atoms with Gasteiger partial charge >= 0.3 is 0 Å². The van der Waals surface area contributed by atoms with Crippen LogP contribution < -0.4 is 5.32 Å². The van der Waals surface area contributed by atoms with Crippen LogP contribution in [0, 0.1) is 5.92 Å². The first-order valence-electron chi connectivity index (χ1n) is 7.41. The van der Waals surface area contributed by atoms with Gasteiger partial charge in [-0.2, -0.15) is 0 Å². The van der Waals surface area contributed by atoms with Gasteiger partial charge < -0.3 is 10.1 Å². The van der Waals surface area contributed by atoms with E-state index in [2.05, 4.69) is 17.3 Å². The Balaban J connectivity index is 1.60. The second kappa shape index (κ2) is 5.25. The van der Waals surface area contributed by atoms with Gasteiger partial charge in [-0.3, -0.25) is 4.90 Å². The second-order valence-corrected chi connectivity index (χ2v) is 5.99. The summed E-state index contributed by atoms with van der Waals surface area (Å²) in [5, 5.41) is 3.51. The molecule has 1 saturated heterocycles. The van der Waals surface area contributed by atoms with Crippen LogP contribution in [-0.4, -0.2) is 49.8 Å². The lowest BCUT2D eigenvalue weighted by molar-refractivity contribution is -0.0608. The number of nitrogens with one attached hydrogen (secondary N) is 1. The maximum atomic E-state index is 5.89. The summed E-state index contributed by atoms with van der Waals surface area (Å²) in [6.45, 7) is 3.42. The molecule has 4 atom stereocenters. The molecule has 0 radical (unpaired) electrons. The molecule has 0 aromatic carbocycles. The molecule has 3 rings (SSSR count). The van der Waals surface area contributed by atoms with Crippen molar-refractivity contribution >= 4 is 0 Å². The molecule has 3 heteroatoms. The number of morpholine rings is 1. The average Bonchev–Trinajstić information content (AvgIpc) is 2.97. The van der Waals surface area contributed by atoms with Crippen molar-refractivity contribution in [2.24, 2.45) is 5.92 Å². The molecule has 4 unspecified atom stereocenters. The van der Waals surface area contributed by atoms with Gasteiger partial charge in [0.15, 0.2) is 0 Å². The summed E-state index contributed by atoms with van der Waals surface area (Å²) in [6.07, 6.45) is 8.78. The number of fused-ring (bicyclic) bond motifs is 1. The first kappa shape index (κ1) is 11.9. The van der Waals surface area contributed by atoms with E-state index < -0.39 is 0 Å². The van der Waals surface area contributed by atoms with E-state index in [1.165, 1.54) is 45.1 Å². The van der Waals surface area contributed by atoms with Crippen LogP contribution in [0.1, 0.15) is 38.5 Å². The number of nitrogens with zero attached hydrogens (tertiary/aromatic N) is 1. The normalized spacial score (nSPS) is 42.9. The van der Waals surface area contributed by atoms with E-state index in [1.807, 2.05) is 0 Å². The van der Waals surface area contributed by atoms with E-state index in [9.17, 15) is 0 Å². The van der Waals surface area contributed by atoms with Crippen molar-refractivity contribution in [3.8, 4) is 0 Å². The number of ether oxygens (including phenoxy) is 1. The third-order valence-corrected chi connectivity index (χ3v) is 5.10. The Kier molecular flexibility index (Phi) is 3.69. The van der Waals surface area contributed by atoms with Crippen molar-refractivity contribution < 1.29 is 4.74 Å². The molecule has 2 aliphatic carbocycles. The predicted molar refractivity (Wildman–Crippen MR) is 69.1 cm³/mol. The third-order valence-electron chi connectivity index (χ3n) is 5.10. The lowest BCUT2D eigenvalue weighted by atomic mass is 10.0. The zero-order valence-corrected chi connectivity index (χ0v) is 11.0. The zero-order chi connectivity index (χ0) is 11.7. The molecule has 1 N–H and O–H groups in total. The SMILES string of the molecule is CNC1CCCC1CN1CCOC2CCCC21. The Labute approximate surface area is 105 Å². The van der Waals surface area contributed by atoms with E-state index in [0.717, 1.165) is 31.2 Å². The predicted octanol–water partition coefficient (Wildman–Crippen LogP) is 1.63. The first-order chi connectivity index (χ1) is 8.38. The van der Waals surface area contributed by atoms with E-state index >= 15 is 0 Å². The third kappa shape index (κ3) is 2.38. The quantitative estimate of drug-likeness (QED) is 0.809. The fourth-order valence-corrected chi connectivity index (χ4v) is 4.17. The second-order valence-electron chi connectivity index (χ2n) is 5.99. The Morgan fingerprint density at radius 1 is 1.18 bits per heavy atom. The molecule has 1 aliphatic heterocycles. The molecule has 98 valence electrons. The molecule has 3 fully saturated rings. The molecule has 1 heterocycles. The van der Waals surface area contributed by atoms with Crippen LogP contribution in [-0.2, 0) is 4.74 Å². The monoisotopic (exact) mass is 238 g/mol. The topological polar surface area (TPSA) is 24.5 Å². The Bertz CT molecular complexity index is 259. The largest absolute Gasteiger partial charge is 0.375 e. The van der Waals surface area contributed by atoms with Gasteiger partial charge in [0.25, 0.3) is 0 Å². The first-order valence-corrected chi connectivity index (χ1v) is 7.41. The van der Waals surface area contributed by atoms with Crippen LogP contribution in [0.4, 0.5) is 0 Å². The van der Waals surface area contributed by atoms with Gasteiger partial charge in [0.1, 0.15) is 0 Å². The Morgan fingerprint density at radius 3 is 2.94 bits per heavy atom. The van der Waals surface area contributed by atoms with Crippen LogP contribution in [0.15, 0.2) is 0 Å². The summed E-state index contributed by atoms with van der Waals surface area (Å²) in [4.78, 5) is 2.74. The highest BCUT2D eigenvalue weighted by Gasteiger charge is 2.38. The zero-order valence-electron chi connectivity index (χ0n) is 11.0. The van der Waals surface area contributed by atoms with Crippen molar-refractivity contribution in [3.05, 3.63) is 0 Å². The number of rotatable bonds is 3.